The molecule has 0 aliphatic heterocycles. The summed E-state index contributed by atoms with van der Waals surface area (Å²) in [7, 11) is 0.235. The molecule has 6 heteroatoms. The van der Waals surface area contributed by atoms with Gasteiger partial charge in [0.05, 0.1) is 34.1 Å². The van der Waals surface area contributed by atoms with Crippen molar-refractivity contribution in [3.8, 4) is 11.8 Å². The van der Waals surface area contributed by atoms with Crippen LogP contribution in [-0.4, -0.2) is 11.3 Å². The Morgan fingerprint density at radius 3 is 2.76 bits per heavy atom. The van der Waals surface area contributed by atoms with E-state index in [0.717, 1.165) is 10.0 Å². The van der Waals surface area contributed by atoms with Crippen molar-refractivity contribution in [3.63, 3.8) is 0 Å². The van der Waals surface area contributed by atoms with Gasteiger partial charge in [0.2, 0.25) is 0 Å². The van der Waals surface area contributed by atoms with Gasteiger partial charge in [0, 0.05) is 10.2 Å². The van der Waals surface area contributed by atoms with Gasteiger partial charge in [-0.2, -0.15) is 5.26 Å². The predicted molar refractivity (Wildman–Crippen MR) is 86.4 cm³/mol. The normalized spacial score (nSPS) is 11.7. The third-order valence-corrected chi connectivity index (χ3v) is 4.84. The van der Waals surface area contributed by atoms with Crippen molar-refractivity contribution in [2.75, 3.05) is 12.8 Å². The lowest BCUT2D eigenvalue weighted by Crippen LogP contribution is -2.01. The molecule has 4 nitrogen and oxygen atoms in total. The van der Waals surface area contributed by atoms with Gasteiger partial charge in [-0.25, -0.2) is 0 Å². The first-order chi connectivity index (χ1) is 10.0. The Morgan fingerprint density at radius 2 is 2.10 bits per heavy atom. The summed E-state index contributed by atoms with van der Waals surface area (Å²) in [6, 6.07) is 12.5. The Morgan fingerprint density at radius 1 is 1.33 bits per heavy atom. The molecule has 2 aromatic carbocycles. The zero-order valence-corrected chi connectivity index (χ0v) is 13.7. The van der Waals surface area contributed by atoms with E-state index in [1.54, 1.807) is 36.4 Å². The number of rotatable bonds is 4. The van der Waals surface area contributed by atoms with Gasteiger partial charge >= 0.3 is 0 Å². The molecule has 0 aromatic heterocycles. The number of methoxy groups -OCH3 is 1. The van der Waals surface area contributed by atoms with E-state index in [-0.39, 0.29) is 0 Å². The molecule has 0 radical (unpaired) electrons. The van der Waals surface area contributed by atoms with Crippen LogP contribution in [0.5, 0.6) is 5.75 Å². The molecule has 0 amide bonds. The fourth-order valence-electron chi connectivity index (χ4n) is 1.85. The number of nitrogens with two attached hydrogens (primary N) is 1. The van der Waals surface area contributed by atoms with Gasteiger partial charge in [0.15, 0.2) is 0 Å². The summed E-state index contributed by atoms with van der Waals surface area (Å²) in [5, 5.41) is 8.96. The van der Waals surface area contributed by atoms with Gasteiger partial charge in [-0.05, 0) is 35.9 Å². The fourth-order valence-corrected chi connectivity index (χ4v) is 3.59. The predicted octanol–water partition coefficient (Wildman–Crippen LogP) is 3.22. The topological polar surface area (TPSA) is 76.1 Å². The average Bonchev–Trinajstić information content (AvgIpc) is 2.49. The monoisotopic (exact) mass is 364 g/mol. The second-order valence-electron chi connectivity index (χ2n) is 4.32. The number of hydrogen-bond donors (Lipinski definition) is 1. The Labute approximate surface area is 134 Å². The van der Waals surface area contributed by atoms with Crippen molar-refractivity contribution < 1.29 is 8.95 Å². The highest BCUT2D eigenvalue weighted by Gasteiger charge is 2.11. The first kappa shape index (κ1) is 15.5. The molecule has 0 aliphatic carbocycles. The van der Waals surface area contributed by atoms with Crippen molar-refractivity contribution in [1.29, 1.82) is 5.26 Å². The minimum Gasteiger partial charge on any atom is -0.495 e. The van der Waals surface area contributed by atoms with Gasteiger partial charge < -0.3 is 10.5 Å². The molecule has 0 spiro atoms. The summed E-state index contributed by atoms with van der Waals surface area (Å²) in [6.07, 6.45) is 0. The van der Waals surface area contributed by atoms with E-state index in [1.165, 1.54) is 7.11 Å². The maximum Gasteiger partial charge on any atom is 0.136 e. The molecule has 2 aromatic rings. The second-order valence-corrected chi connectivity index (χ2v) is 6.65. The van der Waals surface area contributed by atoms with Crippen LogP contribution in [0.25, 0.3) is 0 Å². The van der Waals surface area contributed by atoms with E-state index in [4.69, 9.17) is 15.7 Å². The Balaban J connectivity index is 2.28. The zero-order chi connectivity index (χ0) is 15.4. The number of nitrogen functional groups attached to an aromatic ring is 1. The van der Waals surface area contributed by atoms with E-state index in [9.17, 15) is 4.21 Å². The molecule has 0 aliphatic rings. The molecule has 2 N–H and O–H groups in total. The molecule has 0 fully saturated rings. The first-order valence-electron chi connectivity index (χ1n) is 6.05. The lowest BCUT2D eigenvalue weighted by molar-refractivity contribution is 0.413. The summed E-state index contributed by atoms with van der Waals surface area (Å²) in [6.45, 7) is 0. The molecule has 21 heavy (non-hydrogen) atoms. The van der Waals surface area contributed by atoms with Crippen LogP contribution in [0.1, 0.15) is 11.1 Å². The van der Waals surface area contributed by atoms with Crippen LogP contribution in [0.3, 0.4) is 0 Å². The Bertz CT molecular complexity index is 741. The quantitative estimate of drug-likeness (QED) is 0.844. The zero-order valence-electron chi connectivity index (χ0n) is 11.3. The van der Waals surface area contributed by atoms with Crippen molar-refractivity contribution in [2.24, 2.45) is 0 Å². The van der Waals surface area contributed by atoms with Gasteiger partial charge in [0.1, 0.15) is 11.8 Å². The van der Waals surface area contributed by atoms with Crippen LogP contribution in [0.2, 0.25) is 0 Å². The van der Waals surface area contributed by atoms with Gasteiger partial charge in [-0.15, -0.1) is 0 Å². The smallest absolute Gasteiger partial charge is 0.136 e. The minimum absolute atomic E-state index is 0.308. The third-order valence-electron chi connectivity index (χ3n) is 2.91. The van der Waals surface area contributed by atoms with Crippen molar-refractivity contribution >= 4 is 32.4 Å². The molecule has 108 valence electrons. The lowest BCUT2D eigenvalue weighted by atomic mass is 10.1. The SMILES string of the molecule is COc1cc(CS(=O)c2cc(Br)ccc2N)ccc1C#N. The third kappa shape index (κ3) is 3.63. The molecule has 0 saturated carbocycles. The fraction of sp³-hybridized carbons (Fsp3) is 0.133. The van der Waals surface area contributed by atoms with E-state index >= 15 is 0 Å². The number of hydrogen-bond acceptors (Lipinski definition) is 4. The molecule has 1 unspecified atom stereocenters. The Kier molecular flexibility index (Phi) is 4.99. The van der Waals surface area contributed by atoms with Crippen LogP contribution >= 0.6 is 15.9 Å². The van der Waals surface area contributed by atoms with Crippen LogP contribution in [-0.2, 0) is 16.6 Å². The summed E-state index contributed by atoms with van der Waals surface area (Å²) in [4.78, 5) is 0.590. The van der Waals surface area contributed by atoms with Gasteiger partial charge in [-0.3, -0.25) is 4.21 Å². The second kappa shape index (κ2) is 6.74. The van der Waals surface area contributed by atoms with Crippen LogP contribution < -0.4 is 10.5 Å². The summed E-state index contributed by atoms with van der Waals surface area (Å²) in [5.74, 6) is 0.789. The number of halogens is 1. The molecule has 0 saturated heterocycles. The average molecular weight is 365 g/mol. The number of nitriles is 1. The minimum atomic E-state index is -1.27. The van der Waals surface area contributed by atoms with Gasteiger partial charge in [0.25, 0.3) is 0 Å². The molecule has 1 atom stereocenters. The molecular formula is C15H13BrN2O2S. The van der Waals surface area contributed by atoms with E-state index in [1.807, 2.05) is 6.07 Å². The molecule has 0 heterocycles. The molecule has 0 bridgehead atoms. The van der Waals surface area contributed by atoms with Crippen LogP contribution in [0.4, 0.5) is 5.69 Å². The van der Waals surface area contributed by atoms with Crippen LogP contribution in [0, 0.1) is 11.3 Å². The Hall–Kier alpha value is -1.84. The summed E-state index contributed by atoms with van der Waals surface area (Å²) < 4.78 is 18.4. The van der Waals surface area contributed by atoms with E-state index in [0.29, 0.717) is 27.6 Å². The van der Waals surface area contributed by atoms with Crippen molar-refractivity contribution in [3.05, 3.63) is 52.0 Å². The standard InChI is InChI=1S/C15H13BrN2O2S/c1-20-14-6-10(2-3-11(14)8-17)9-21(19)15-7-12(16)4-5-13(15)18/h2-7H,9,18H2,1H3. The van der Waals surface area contributed by atoms with Crippen molar-refractivity contribution in [2.45, 2.75) is 10.6 Å². The summed E-state index contributed by atoms with van der Waals surface area (Å²) >= 11 is 3.35. The highest BCUT2D eigenvalue weighted by molar-refractivity contribution is 9.10. The van der Waals surface area contributed by atoms with E-state index in [2.05, 4.69) is 15.9 Å². The molecular weight excluding hydrogens is 352 g/mol. The lowest BCUT2D eigenvalue weighted by Gasteiger charge is -2.08. The molecule has 2 rings (SSSR count). The summed E-state index contributed by atoms with van der Waals surface area (Å²) in [5.41, 5.74) is 7.64. The number of nitrogens with zero attached hydrogens (tertiary/aromatic N) is 1. The highest BCUT2D eigenvalue weighted by Crippen LogP contribution is 2.25. The number of anilines is 1. The van der Waals surface area contributed by atoms with E-state index < -0.39 is 10.8 Å². The maximum absolute atomic E-state index is 12.4. The first-order valence-corrected chi connectivity index (χ1v) is 8.16. The highest BCUT2D eigenvalue weighted by atomic mass is 79.9. The largest absolute Gasteiger partial charge is 0.495 e. The number of ether oxygens (including phenoxy) is 1. The van der Waals surface area contributed by atoms with Crippen molar-refractivity contribution in [1.82, 2.24) is 0 Å². The van der Waals surface area contributed by atoms with Crippen LogP contribution in [0.15, 0.2) is 45.8 Å². The number of benzene rings is 2. The van der Waals surface area contributed by atoms with Gasteiger partial charge in [-0.1, -0.05) is 22.0 Å². The maximum atomic E-state index is 12.4.